The molecule has 0 saturated carbocycles. The molecule has 8 N–H and O–H groups in total. The number of aromatic amines is 1. The largest absolute Gasteiger partial charge is 0.481 e. The van der Waals surface area contributed by atoms with Crippen molar-refractivity contribution in [3.05, 3.63) is 71.9 Å². The van der Waals surface area contributed by atoms with Crippen LogP contribution in [-0.4, -0.2) is 69.0 Å². The van der Waals surface area contributed by atoms with Gasteiger partial charge in [-0.1, -0.05) is 62.4 Å². The van der Waals surface area contributed by atoms with E-state index >= 15 is 0 Å². The molecule has 12 nitrogen and oxygen atoms in total. The third-order valence-corrected chi connectivity index (χ3v) is 6.97. The van der Waals surface area contributed by atoms with Crippen molar-refractivity contribution in [1.82, 2.24) is 20.9 Å². The molecule has 3 aromatic rings. The van der Waals surface area contributed by atoms with Crippen LogP contribution in [-0.2, 0) is 36.8 Å². The highest BCUT2D eigenvalue weighted by Crippen LogP contribution is 2.19. The van der Waals surface area contributed by atoms with Crippen molar-refractivity contribution in [3.63, 3.8) is 0 Å². The molecule has 230 valence electrons. The van der Waals surface area contributed by atoms with Crippen LogP contribution in [0, 0.1) is 5.92 Å². The van der Waals surface area contributed by atoms with Gasteiger partial charge < -0.3 is 36.9 Å². The number of nitrogens with two attached hydrogens (primary N) is 1. The summed E-state index contributed by atoms with van der Waals surface area (Å²) in [6.45, 7) is 3.65. The molecule has 43 heavy (non-hydrogen) atoms. The number of carboxylic acid groups (broad SMARTS) is 2. The van der Waals surface area contributed by atoms with Gasteiger partial charge in [0.15, 0.2) is 0 Å². The zero-order valence-electron chi connectivity index (χ0n) is 24.2. The van der Waals surface area contributed by atoms with Gasteiger partial charge in [0.05, 0.1) is 6.04 Å². The number of para-hydroxylation sites is 1. The first-order chi connectivity index (χ1) is 20.4. The van der Waals surface area contributed by atoms with E-state index in [1.165, 1.54) is 0 Å². The Labute approximate surface area is 249 Å². The van der Waals surface area contributed by atoms with Crippen molar-refractivity contribution < 1.29 is 34.2 Å². The number of carboxylic acids is 2. The van der Waals surface area contributed by atoms with Crippen molar-refractivity contribution in [2.24, 2.45) is 11.7 Å². The molecule has 0 aliphatic rings. The number of amides is 3. The van der Waals surface area contributed by atoms with Crippen LogP contribution >= 0.6 is 0 Å². The van der Waals surface area contributed by atoms with E-state index in [4.69, 9.17) is 5.73 Å². The maximum absolute atomic E-state index is 13.4. The first kappa shape index (κ1) is 32.8. The third kappa shape index (κ3) is 9.96. The molecule has 1 heterocycles. The zero-order valence-corrected chi connectivity index (χ0v) is 24.2. The lowest BCUT2D eigenvalue weighted by Gasteiger charge is -2.25. The molecule has 4 atom stereocenters. The van der Waals surface area contributed by atoms with Crippen molar-refractivity contribution >= 4 is 40.6 Å². The van der Waals surface area contributed by atoms with Gasteiger partial charge in [0.25, 0.3) is 0 Å². The number of aromatic nitrogens is 1. The Balaban J connectivity index is 1.77. The number of rotatable bonds is 16. The van der Waals surface area contributed by atoms with Crippen LogP contribution in [0.5, 0.6) is 0 Å². The number of fused-ring (bicyclic) bond motifs is 1. The van der Waals surface area contributed by atoms with E-state index in [1.807, 2.05) is 38.1 Å². The number of carbonyl (C=O) groups is 5. The molecule has 1 aromatic heterocycles. The molecular weight excluding hydrogens is 554 g/mol. The van der Waals surface area contributed by atoms with Gasteiger partial charge >= 0.3 is 11.9 Å². The van der Waals surface area contributed by atoms with Crippen LogP contribution in [0.15, 0.2) is 60.8 Å². The minimum Gasteiger partial charge on any atom is -0.481 e. The number of hydrogen-bond acceptors (Lipinski definition) is 6. The van der Waals surface area contributed by atoms with Crippen molar-refractivity contribution in [1.29, 1.82) is 0 Å². The van der Waals surface area contributed by atoms with Crippen LogP contribution in [0.3, 0.4) is 0 Å². The Bertz CT molecular complexity index is 1420. The van der Waals surface area contributed by atoms with Gasteiger partial charge in [-0.25, -0.2) is 4.79 Å². The maximum Gasteiger partial charge on any atom is 0.326 e. The normalized spacial score (nSPS) is 14.0. The predicted octanol–water partition coefficient (Wildman–Crippen LogP) is 1.73. The lowest BCUT2D eigenvalue weighted by atomic mass is 10.0. The molecule has 2 aromatic carbocycles. The van der Waals surface area contributed by atoms with Crippen molar-refractivity contribution in [3.8, 4) is 0 Å². The van der Waals surface area contributed by atoms with E-state index in [9.17, 15) is 34.2 Å². The Morgan fingerprint density at radius 2 is 1.40 bits per heavy atom. The monoisotopic (exact) mass is 593 g/mol. The molecule has 0 saturated heterocycles. The van der Waals surface area contributed by atoms with Gasteiger partial charge in [-0.3, -0.25) is 19.2 Å². The van der Waals surface area contributed by atoms with Gasteiger partial charge in [-0.05, 0) is 42.4 Å². The maximum atomic E-state index is 13.4. The summed E-state index contributed by atoms with van der Waals surface area (Å²) in [4.78, 5) is 66.1. The quantitative estimate of drug-likeness (QED) is 0.130. The van der Waals surface area contributed by atoms with Gasteiger partial charge in [0.1, 0.15) is 18.1 Å². The first-order valence-electron chi connectivity index (χ1n) is 14.1. The number of carbonyl (C=O) groups excluding carboxylic acids is 3. The van der Waals surface area contributed by atoms with Crippen LogP contribution in [0.1, 0.15) is 44.2 Å². The molecule has 0 spiro atoms. The third-order valence-electron chi connectivity index (χ3n) is 6.97. The number of nitrogens with one attached hydrogen (secondary N) is 4. The molecule has 0 fully saturated rings. The summed E-state index contributed by atoms with van der Waals surface area (Å²) in [5, 5.41) is 27.4. The van der Waals surface area contributed by atoms with Gasteiger partial charge in [0.2, 0.25) is 17.7 Å². The van der Waals surface area contributed by atoms with E-state index in [-0.39, 0.29) is 31.6 Å². The summed E-state index contributed by atoms with van der Waals surface area (Å²) in [5.74, 6) is -4.57. The van der Waals surface area contributed by atoms with Crippen LogP contribution in [0.25, 0.3) is 10.9 Å². The Kier molecular flexibility index (Phi) is 11.8. The van der Waals surface area contributed by atoms with E-state index in [0.717, 1.165) is 16.5 Å². The molecule has 3 rings (SSSR count). The lowest BCUT2D eigenvalue weighted by Crippen LogP contribution is -2.58. The SMILES string of the molecule is CC(C)CC(NC(=O)C(Cc1ccccc1)NC(=O)C(CCC(=O)O)NC(=O)C(N)Cc1c[nH]c2ccccc12)C(=O)O. The number of hydrogen-bond donors (Lipinski definition) is 7. The fourth-order valence-electron chi connectivity index (χ4n) is 4.74. The number of benzene rings is 2. The van der Waals surface area contributed by atoms with Gasteiger partial charge in [-0.2, -0.15) is 0 Å². The molecule has 12 heteroatoms. The highest BCUT2D eigenvalue weighted by Gasteiger charge is 2.31. The number of aliphatic carboxylic acids is 2. The highest BCUT2D eigenvalue weighted by molar-refractivity contribution is 5.94. The van der Waals surface area contributed by atoms with E-state index < -0.39 is 60.2 Å². The van der Waals surface area contributed by atoms with Crippen molar-refractivity contribution in [2.75, 3.05) is 0 Å². The zero-order chi connectivity index (χ0) is 31.5. The topological polar surface area (TPSA) is 204 Å². The molecule has 4 unspecified atom stereocenters. The first-order valence-corrected chi connectivity index (χ1v) is 14.1. The fourth-order valence-corrected chi connectivity index (χ4v) is 4.74. The van der Waals surface area contributed by atoms with Crippen LogP contribution < -0.4 is 21.7 Å². The summed E-state index contributed by atoms with van der Waals surface area (Å²) in [6, 6.07) is 11.6. The summed E-state index contributed by atoms with van der Waals surface area (Å²) < 4.78 is 0. The molecule has 3 amide bonds. The van der Waals surface area contributed by atoms with Crippen molar-refractivity contribution in [2.45, 2.75) is 70.1 Å². The fraction of sp³-hybridized carbons (Fsp3) is 0.387. The van der Waals surface area contributed by atoms with E-state index in [2.05, 4.69) is 20.9 Å². The highest BCUT2D eigenvalue weighted by atomic mass is 16.4. The summed E-state index contributed by atoms with van der Waals surface area (Å²) >= 11 is 0. The Morgan fingerprint density at radius 1 is 0.791 bits per heavy atom. The van der Waals surface area contributed by atoms with Crippen LogP contribution in [0.2, 0.25) is 0 Å². The van der Waals surface area contributed by atoms with E-state index in [0.29, 0.717) is 5.56 Å². The smallest absolute Gasteiger partial charge is 0.326 e. The molecular formula is C31H39N5O7. The second-order valence-corrected chi connectivity index (χ2v) is 10.9. The van der Waals surface area contributed by atoms with E-state index in [1.54, 1.807) is 36.5 Å². The molecule has 0 aliphatic carbocycles. The molecule has 0 aliphatic heterocycles. The number of H-pyrrole nitrogens is 1. The standard InChI is InChI=1S/C31H39N5O7/c1-18(2)14-26(31(42)43)36-30(41)25(15-19-8-4-3-5-9-19)35-29(40)24(12-13-27(37)38)34-28(39)22(32)16-20-17-33-23-11-7-6-10-21(20)23/h3-11,17-18,22,24-26,33H,12-16,32H2,1-2H3,(H,34,39)(H,35,40)(H,36,41)(H,37,38)(H,42,43). The Hall–Kier alpha value is -4.71. The summed E-state index contributed by atoms with van der Waals surface area (Å²) in [7, 11) is 0. The van der Waals surface area contributed by atoms with Gasteiger partial charge in [-0.15, -0.1) is 0 Å². The summed E-state index contributed by atoms with van der Waals surface area (Å²) in [5.41, 5.74) is 8.57. The lowest BCUT2D eigenvalue weighted by molar-refractivity contribution is -0.142. The molecule has 0 radical (unpaired) electrons. The van der Waals surface area contributed by atoms with Gasteiger partial charge in [0, 0.05) is 29.9 Å². The minimum atomic E-state index is -1.31. The molecule has 0 bridgehead atoms. The van der Waals surface area contributed by atoms with Crippen LogP contribution in [0.4, 0.5) is 0 Å². The minimum absolute atomic E-state index is 0.0207. The average molecular weight is 594 g/mol. The Morgan fingerprint density at radius 3 is 2.05 bits per heavy atom. The average Bonchev–Trinajstić information content (AvgIpc) is 3.37. The second-order valence-electron chi connectivity index (χ2n) is 10.9. The predicted molar refractivity (Wildman–Crippen MR) is 160 cm³/mol. The second kappa shape index (κ2) is 15.5. The summed E-state index contributed by atoms with van der Waals surface area (Å²) in [6.07, 6.45) is 1.45.